The van der Waals surface area contributed by atoms with E-state index in [0.29, 0.717) is 41.8 Å². The van der Waals surface area contributed by atoms with Crippen LogP contribution in [0.4, 0.5) is 20.3 Å². The lowest BCUT2D eigenvalue weighted by atomic mass is 10.1. The highest BCUT2D eigenvalue weighted by atomic mass is 19.1. The maximum atomic E-state index is 15.0. The SMILES string of the molecule is CCOc1cc(F)c(Cn2nc(-c3ncc(OCCCN4CCN(C)CC4)c(Nc4cc(C)ncc4C)n3)c3ccccc32)c(F)c1. The van der Waals surface area contributed by atoms with Crippen LogP contribution >= 0.6 is 0 Å². The van der Waals surface area contributed by atoms with E-state index in [1.54, 1.807) is 17.8 Å². The molecule has 1 fully saturated rings. The number of benzene rings is 2. The van der Waals surface area contributed by atoms with Crippen LogP contribution in [0.5, 0.6) is 11.5 Å². The molecule has 0 unspecified atom stereocenters. The minimum Gasteiger partial charge on any atom is -0.494 e. The number of aromatic nitrogens is 5. The van der Waals surface area contributed by atoms with Crippen LogP contribution in [-0.4, -0.2) is 87.5 Å². The largest absolute Gasteiger partial charge is 0.494 e. The number of nitrogens with one attached hydrogen (secondary N) is 1. The number of halogens is 2. The number of anilines is 2. The average molecular weight is 643 g/mol. The number of nitrogens with zero attached hydrogens (tertiary/aromatic N) is 7. The molecule has 1 saturated heterocycles. The Labute approximate surface area is 273 Å². The Balaban J connectivity index is 1.30. The number of fused-ring (bicyclic) bond motifs is 1. The minimum atomic E-state index is -0.700. The quantitative estimate of drug-likeness (QED) is 0.165. The summed E-state index contributed by atoms with van der Waals surface area (Å²) in [6.07, 6.45) is 4.33. The summed E-state index contributed by atoms with van der Waals surface area (Å²) >= 11 is 0. The topological polar surface area (TPSA) is 93.5 Å². The molecule has 1 aliphatic heterocycles. The van der Waals surface area contributed by atoms with Crippen molar-refractivity contribution in [1.82, 2.24) is 34.5 Å². The molecule has 1 N–H and O–H groups in total. The predicted molar refractivity (Wildman–Crippen MR) is 178 cm³/mol. The highest BCUT2D eigenvalue weighted by molar-refractivity contribution is 5.92. The second-order valence-corrected chi connectivity index (χ2v) is 11.8. The number of rotatable bonds is 12. The molecular weight excluding hydrogens is 602 g/mol. The molecule has 0 aliphatic carbocycles. The van der Waals surface area contributed by atoms with E-state index in [2.05, 4.69) is 32.1 Å². The Morgan fingerprint density at radius 2 is 1.70 bits per heavy atom. The fraction of sp³-hybridized carbons (Fsp3) is 0.371. The van der Waals surface area contributed by atoms with Gasteiger partial charge in [-0.3, -0.25) is 9.67 Å². The van der Waals surface area contributed by atoms with Gasteiger partial charge in [-0.05, 0) is 51.9 Å². The molecule has 6 rings (SSSR count). The zero-order valence-corrected chi connectivity index (χ0v) is 27.3. The van der Waals surface area contributed by atoms with Crippen molar-refractivity contribution in [2.24, 2.45) is 0 Å². The van der Waals surface area contributed by atoms with Gasteiger partial charge in [-0.15, -0.1) is 0 Å². The first-order valence-corrected chi connectivity index (χ1v) is 16.0. The van der Waals surface area contributed by atoms with E-state index in [0.717, 1.165) is 61.5 Å². The third-order valence-corrected chi connectivity index (χ3v) is 8.32. The first-order chi connectivity index (χ1) is 22.8. The summed E-state index contributed by atoms with van der Waals surface area (Å²) in [6, 6.07) is 11.8. The Morgan fingerprint density at radius 3 is 2.47 bits per heavy atom. The van der Waals surface area contributed by atoms with Gasteiger partial charge in [-0.2, -0.15) is 5.10 Å². The molecule has 1 aliphatic rings. The van der Waals surface area contributed by atoms with Crippen molar-refractivity contribution in [2.45, 2.75) is 33.7 Å². The highest BCUT2D eigenvalue weighted by Gasteiger charge is 2.21. The van der Waals surface area contributed by atoms with Crippen molar-refractivity contribution < 1.29 is 18.3 Å². The number of pyridine rings is 1. The molecule has 12 heteroatoms. The van der Waals surface area contributed by atoms with Crippen LogP contribution in [0.25, 0.3) is 22.4 Å². The molecule has 0 amide bonds. The van der Waals surface area contributed by atoms with Crippen molar-refractivity contribution in [3.8, 4) is 23.0 Å². The van der Waals surface area contributed by atoms with Crippen LogP contribution in [0.15, 0.2) is 54.9 Å². The molecule has 0 saturated carbocycles. The van der Waals surface area contributed by atoms with Crippen LogP contribution in [0.3, 0.4) is 0 Å². The summed E-state index contributed by atoms with van der Waals surface area (Å²) < 4.78 is 43.2. The van der Waals surface area contributed by atoms with Gasteiger partial charge in [-0.25, -0.2) is 18.7 Å². The van der Waals surface area contributed by atoms with E-state index in [4.69, 9.17) is 19.6 Å². The molecule has 0 atom stereocenters. The molecular formula is C35H40F2N8O2. The Kier molecular flexibility index (Phi) is 9.88. The number of piperazine rings is 1. The molecule has 5 aromatic rings. The molecule has 4 heterocycles. The summed E-state index contributed by atoms with van der Waals surface area (Å²) in [5.74, 6) is 0.105. The van der Waals surface area contributed by atoms with E-state index in [-0.39, 0.29) is 17.9 Å². The molecule has 2 aromatic carbocycles. The Bertz CT molecular complexity index is 1830. The molecule has 0 bridgehead atoms. The van der Waals surface area contributed by atoms with E-state index in [9.17, 15) is 0 Å². The van der Waals surface area contributed by atoms with E-state index < -0.39 is 11.6 Å². The monoisotopic (exact) mass is 642 g/mol. The van der Waals surface area contributed by atoms with Crippen LogP contribution in [0.1, 0.15) is 30.2 Å². The van der Waals surface area contributed by atoms with Crippen LogP contribution in [0.2, 0.25) is 0 Å². The molecule has 10 nitrogen and oxygen atoms in total. The lowest BCUT2D eigenvalue weighted by Crippen LogP contribution is -2.44. The number of hydrogen-bond acceptors (Lipinski definition) is 9. The van der Waals surface area contributed by atoms with Gasteiger partial charge in [-0.1, -0.05) is 18.2 Å². The van der Waals surface area contributed by atoms with Crippen molar-refractivity contribution in [3.05, 3.63) is 83.3 Å². The van der Waals surface area contributed by atoms with E-state index >= 15 is 8.78 Å². The zero-order valence-electron chi connectivity index (χ0n) is 27.3. The lowest BCUT2D eigenvalue weighted by molar-refractivity contribution is 0.145. The second-order valence-electron chi connectivity index (χ2n) is 11.8. The van der Waals surface area contributed by atoms with E-state index in [1.807, 2.05) is 50.4 Å². The number of hydrogen-bond donors (Lipinski definition) is 1. The first kappa shape index (κ1) is 32.3. The molecule has 0 spiro atoms. The first-order valence-electron chi connectivity index (χ1n) is 16.0. The summed E-state index contributed by atoms with van der Waals surface area (Å²) in [5, 5.41) is 8.96. The van der Waals surface area contributed by atoms with Crippen molar-refractivity contribution in [3.63, 3.8) is 0 Å². The van der Waals surface area contributed by atoms with Gasteiger partial charge in [0.05, 0.1) is 31.5 Å². The fourth-order valence-electron chi connectivity index (χ4n) is 5.66. The lowest BCUT2D eigenvalue weighted by Gasteiger charge is -2.32. The number of ether oxygens (including phenoxy) is 2. The zero-order chi connectivity index (χ0) is 32.9. The van der Waals surface area contributed by atoms with Crippen molar-refractivity contribution in [2.75, 3.05) is 58.3 Å². The highest BCUT2D eigenvalue weighted by Crippen LogP contribution is 2.33. The van der Waals surface area contributed by atoms with Crippen molar-refractivity contribution >= 4 is 22.4 Å². The van der Waals surface area contributed by atoms with Crippen LogP contribution < -0.4 is 14.8 Å². The molecule has 3 aromatic heterocycles. The van der Waals surface area contributed by atoms with Gasteiger partial charge in [0.25, 0.3) is 0 Å². The third-order valence-electron chi connectivity index (χ3n) is 8.32. The van der Waals surface area contributed by atoms with Gasteiger partial charge in [0.2, 0.25) is 0 Å². The van der Waals surface area contributed by atoms with E-state index in [1.165, 1.54) is 12.1 Å². The van der Waals surface area contributed by atoms with Gasteiger partial charge >= 0.3 is 0 Å². The predicted octanol–water partition coefficient (Wildman–Crippen LogP) is 5.99. The smallest absolute Gasteiger partial charge is 0.183 e. The van der Waals surface area contributed by atoms with Gasteiger partial charge in [0.15, 0.2) is 17.4 Å². The molecule has 47 heavy (non-hydrogen) atoms. The van der Waals surface area contributed by atoms with Gasteiger partial charge < -0.3 is 24.6 Å². The maximum Gasteiger partial charge on any atom is 0.183 e. The van der Waals surface area contributed by atoms with Crippen LogP contribution in [0, 0.1) is 25.5 Å². The maximum absolute atomic E-state index is 15.0. The Hall–Kier alpha value is -4.68. The molecule has 246 valence electrons. The van der Waals surface area contributed by atoms with Crippen LogP contribution in [-0.2, 0) is 6.54 Å². The summed E-state index contributed by atoms with van der Waals surface area (Å²) in [7, 11) is 2.15. The summed E-state index contributed by atoms with van der Waals surface area (Å²) in [5.41, 5.74) is 3.73. The normalized spacial score (nSPS) is 14.1. The standard InChI is InChI=1S/C35H40F2N8O2/c1-5-46-25-18-28(36)27(29(37)19-25)22-45-31-10-7-6-9-26(31)33(42-45)35-39-21-32(47-16-8-11-44-14-12-43(4)13-15-44)34(41-35)40-30-17-24(3)38-20-23(30)2/h6-7,9-10,17-21H,5,8,11-16,22H2,1-4H3,(H,38,39,40,41). The Morgan fingerprint density at radius 1 is 0.936 bits per heavy atom. The number of para-hydroxylation sites is 1. The third kappa shape index (κ3) is 7.50. The number of aryl methyl sites for hydroxylation is 2. The second kappa shape index (κ2) is 14.4. The number of likely N-dealkylation sites (N-methyl/N-ethyl adjacent to an activating group) is 1. The molecule has 0 radical (unpaired) electrons. The fourth-order valence-corrected chi connectivity index (χ4v) is 5.66. The summed E-state index contributed by atoms with van der Waals surface area (Å²) in [4.78, 5) is 18.8. The van der Waals surface area contributed by atoms with Gasteiger partial charge in [0.1, 0.15) is 23.1 Å². The minimum absolute atomic E-state index is 0.111. The van der Waals surface area contributed by atoms with Crippen molar-refractivity contribution in [1.29, 1.82) is 0 Å². The average Bonchev–Trinajstić information content (AvgIpc) is 3.42. The van der Waals surface area contributed by atoms with Gasteiger partial charge in [0, 0.05) is 73.4 Å². The summed E-state index contributed by atoms with van der Waals surface area (Å²) in [6.45, 7) is 11.6.